The molecule has 0 atom stereocenters. The minimum atomic E-state index is -0.246. The Morgan fingerprint density at radius 2 is 0.950 bits per heavy atom. The van der Waals surface area contributed by atoms with Crippen LogP contribution in [0.25, 0.3) is 0 Å². The van der Waals surface area contributed by atoms with E-state index >= 15 is 0 Å². The molecule has 0 unspecified atom stereocenters. The van der Waals surface area contributed by atoms with E-state index in [0.717, 1.165) is 0 Å². The van der Waals surface area contributed by atoms with Gasteiger partial charge in [-0.25, -0.2) is 0 Å². The Kier molecular flexibility index (Phi) is 4.72. The number of hydrogen-bond donors (Lipinski definition) is 0. The smallest absolute Gasteiger partial charge is 0.185 e. The second-order valence-electron chi connectivity index (χ2n) is 4.08. The average molecular weight is 305 g/mol. The Balaban J connectivity index is 2.09. The Morgan fingerprint density at radius 3 is 1.25 bits per heavy atom. The summed E-state index contributed by atoms with van der Waals surface area (Å²) in [5.74, 6) is -0.493. The lowest BCUT2D eigenvalue weighted by atomic mass is 10.1. The molecule has 0 spiro atoms. The van der Waals surface area contributed by atoms with Crippen LogP contribution in [0.2, 0.25) is 10.0 Å². The molecule has 0 radical (unpaired) electrons. The molecule has 2 nitrogen and oxygen atoms in total. The number of carbonyl (C=O) groups excluding carboxylic acids is 2. The summed E-state index contributed by atoms with van der Waals surface area (Å²) in [4.78, 5) is 23.7. The predicted molar refractivity (Wildman–Crippen MR) is 80.7 cm³/mol. The highest BCUT2D eigenvalue weighted by Crippen LogP contribution is 2.12. The molecule has 0 aliphatic carbocycles. The van der Waals surface area contributed by atoms with Gasteiger partial charge in [-0.2, -0.15) is 0 Å². The number of ketones is 2. The third-order valence-corrected chi connectivity index (χ3v) is 3.15. The minimum Gasteiger partial charge on any atom is -0.289 e. The van der Waals surface area contributed by atoms with E-state index in [0.29, 0.717) is 21.2 Å². The largest absolute Gasteiger partial charge is 0.289 e. The third-order valence-electron chi connectivity index (χ3n) is 2.64. The molecular formula is C16H10Cl2O2. The van der Waals surface area contributed by atoms with Gasteiger partial charge in [0.1, 0.15) is 0 Å². The summed E-state index contributed by atoms with van der Waals surface area (Å²) >= 11 is 11.5. The summed E-state index contributed by atoms with van der Waals surface area (Å²) in [6.45, 7) is 0. The van der Waals surface area contributed by atoms with Crippen molar-refractivity contribution >= 4 is 34.8 Å². The third kappa shape index (κ3) is 3.80. The van der Waals surface area contributed by atoms with Crippen molar-refractivity contribution in [3.05, 3.63) is 81.9 Å². The molecule has 0 N–H and O–H groups in total. The summed E-state index contributed by atoms with van der Waals surface area (Å²) in [6.07, 6.45) is 2.50. The van der Waals surface area contributed by atoms with Crippen molar-refractivity contribution in [1.82, 2.24) is 0 Å². The van der Waals surface area contributed by atoms with Gasteiger partial charge in [0.2, 0.25) is 0 Å². The molecule has 0 bridgehead atoms. The molecule has 0 saturated heterocycles. The number of hydrogen-bond acceptors (Lipinski definition) is 2. The zero-order valence-corrected chi connectivity index (χ0v) is 11.9. The van der Waals surface area contributed by atoms with Crippen molar-refractivity contribution in [3.8, 4) is 0 Å². The molecule has 2 aromatic carbocycles. The molecule has 0 aromatic heterocycles. The molecule has 100 valence electrons. The van der Waals surface area contributed by atoms with Crippen molar-refractivity contribution < 1.29 is 9.59 Å². The van der Waals surface area contributed by atoms with Gasteiger partial charge in [-0.3, -0.25) is 9.59 Å². The standard InChI is InChI=1S/C16H10Cl2O2/c17-13-5-1-11(2-6-13)15(19)9-10-16(20)12-3-7-14(18)8-4-12/h1-10H. The highest BCUT2D eigenvalue weighted by Gasteiger charge is 2.04. The van der Waals surface area contributed by atoms with Crippen LogP contribution >= 0.6 is 23.2 Å². The molecule has 0 heterocycles. The summed E-state index contributed by atoms with van der Waals surface area (Å²) in [5.41, 5.74) is 0.962. The number of rotatable bonds is 4. The van der Waals surface area contributed by atoms with Crippen LogP contribution in [-0.4, -0.2) is 11.6 Å². The number of allylic oxidation sites excluding steroid dienone is 2. The monoisotopic (exact) mass is 304 g/mol. The topological polar surface area (TPSA) is 34.1 Å². The maximum atomic E-state index is 11.8. The zero-order valence-electron chi connectivity index (χ0n) is 10.3. The van der Waals surface area contributed by atoms with Crippen LogP contribution in [0.3, 0.4) is 0 Å². The van der Waals surface area contributed by atoms with E-state index in [1.165, 1.54) is 12.2 Å². The van der Waals surface area contributed by atoms with Crippen LogP contribution < -0.4 is 0 Å². The van der Waals surface area contributed by atoms with Gasteiger partial charge < -0.3 is 0 Å². The maximum absolute atomic E-state index is 11.8. The van der Waals surface area contributed by atoms with Crippen molar-refractivity contribution in [2.75, 3.05) is 0 Å². The minimum absolute atomic E-state index is 0.246. The summed E-state index contributed by atoms with van der Waals surface area (Å²) < 4.78 is 0. The van der Waals surface area contributed by atoms with Crippen LogP contribution in [0, 0.1) is 0 Å². The SMILES string of the molecule is O=C(C=CC(=O)c1ccc(Cl)cc1)c1ccc(Cl)cc1. The van der Waals surface area contributed by atoms with Gasteiger partial charge in [-0.1, -0.05) is 23.2 Å². The van der Waals surface area contributed by atoms with E-state index in [4.69, 9.17) is 23.2 Å². The van der Waals surface area contributed by atoms with E-state index < -0.39 is 0 Å². The summed E-state index contributed by atoms with van der Waals surface area (Å²) in [7, 11) is 0. The van der Waals surface area contributed by atoms with E-state index in [-0.39, 0.29) is 11.6 Å². The number of benzene rings is 2. The molecule has 20 heavy (non-hydrogen) atoms. The molecule has 0 saturated carbocycles. The van der Waals surface area contributed by atoms with Crippen LogP contribution in [0.15, 0.2) is 60.7 Å². The highest BCUT2D eigenvalue weighted by molar-refractivity contribution is 6.31. The Hall–Kier alpha value is -1.90. The quantitative estimate of drug-likeness (QED) is 0.610. The molecule has 2 aromatic rings. The van der Waals surface area contributed by atoms with E-state index in [1.54, 1.807) is 48.5 Å². The van der Waals surface area contributed by atoms with Gasteiger partial charge in [0.05, 0.1) is 0 Å². The first-order valence-corrected chi connectivity index (χ1v) is 6.60. The fourth-order valence-corrected chi connectivity index (χ4v) is 1.82. The fourth-order valence-electron chi connectivity index (χ4n) is 1.57. The fraction of sp³-hybridized carbons (Fsp3) is 0. The van der Waals surface area contributed by atoms with Crippen LogP contribution in [-0.2, 0) is 0 Å². The second kappa shape index (κ2) is 6.51. The first kappa shape index (κ1) is 14.5. The maximum Gasteiger partial charge on any atom is 0.185 e. The van der Waals surface area contributed by atoms with Gasteiger partial charge in [0.15, 0.2) is 11.6 Å². The van der Waals surface area contributed by atoms with E-state index in [9.17, 15) is 9.59 Å². The van der Waals surface area contributed by atoms with Gasteiger partial charge >= 0.3 is 0 Å². The molecule has 0 aliphatic rings. The molecule has 0 fully saturated rings. The van der Waals surface area contributed by atoms with Gasteiger partial charge in [-0.15, -0.1) is 0 Å². The average Bonchev–Trinajstić information content (AvgIpc) is 2.46. The molecular weight excluding hydrogens is 295 g/mol. The Morgan fingerprint density at radius 1 is 0.650 bits per heavy atom. The molecule has 0 aliphatic heterocycles. The molecule has 4 heteroatoms. The van der Waals surface area contributed by atoms with Crippen molar-refractivity contribution in [1.29, 1.82) is 0 Å². The van der Waals surface area contributed by atoms with Crippen molar-refractivity contribution in [2.24, 2.45) is 0 Å². The number of carbonyl (C=O) groups is 2. The van der Waals surface area contributed by atoms with Crippen LogP contribution in [0.4, 0.5) is 0 Å². The van der Waals surface area contributed by atoms with E-state index in [2.05, 4.69) is 0 Å². The first-order chi connectivity index (χ1) is 9.56. The first-order valence-electron chi connectivity index (χ1n) is 5.84. The summed E-state index contributed by atoms with van der Waals surface area (Å²) in [5, 5.41) is 1.12. The second-order valence-corrected chi connectivity index (χ2v) is 4.95. The number of halogens is 2. The van der Waals surface area contributed by atoms with Gasteiger partial charge in [-0.05, 0) is 60.7 Å². The van der Waals surface area contributed by atoms with Gasteiger partial charge in [0, 0.05) is 21.2 Å². The van der Waals surface area contributed by atoms with Crippen molar-refractivity contribution in [3.63, 3.8) is 0 Å². The Bertz CT molecular complexity index is 596. The highest BCUT2D eigenvalue weighted by atomic mass is 35.5. The summed E-state index contributed by atoms with van der Waals surface area (Å²) in [6, 6.07) is 13.0. The van der Waals surface area contributed by atoms with Gasteiger partial charge in [0.25, 0.3) is 0 Å². The molecule has 2 rings (SSSR count). The van der Waals surface area contributed by atoms with E-state index in [1.807, 2.05) is 0 Å². The zero-order chi connectivity index (χ0) is 14.5. The Labute approximate surface area is 126 Å². The predicted octanol–water partition coefficient (Wildman–Crippen LogP) is 4.62. The van der Waals surface area contributed by atoms with Crippen LogP contribution in [0.1, 0.15) is 20.7 Å². The lowest BCUT2D eigenvalue weighted by Gasteiger charge is -1.97. The lowest BCUT2D eigenvalue weighted by Crippen LogP contribution is -1.98. The normalized spacial score (nSPS) is 10.7. The molecule has 0 amide bonds. The van der Waals surface area contributed by atoms with Crippen molar-refractivity contribution in [2.45, 2.75) is 0 Å². The van der Waals surface area contributed by atoms with Crippen LogP contribution in [0.5, 0.6) is 0 Å². The lowest BCUT2D eigenvalue weighted by molar-refractivity contribution is 0.102.